The second kappa shape index (κ2) is 6.60. The molecular formula is C19H17N3O3. The van der Waals surface area contributed by atoms with Gasteiger partial charge in [0.2, 0.25) is 0 Å². The molecule has 0 radical (unpaired) electrons. The molecular weight excluding hydrogens is 318 g/mol. The van der Waals surface area contributed by atoms with E-state index in [1.165, 1.54) is 6.07 Å². The van der Waals surface area contributed by atoms with Gasteiger partial charge in [-0.3, -0.25) is 14.9 Å². The number of carbonyl (C=O) groups is 1. The monoisotopic (exact) mass is 335 g/mol. The van der Waals surface area contributed by atoms with Gasteiger partial charge in [0.1, 0.15) is 0 Å². The molecule has 1 aromatic heterocycles. The molecule has 0 atom stereocenters. The summed E-state index contributed by atoms with van der Waals surface area (Å²) in [5.41, 5.74) is 2.29. The quantitative estimate of drug-likeness (QED) is 0.429. The Morgan fingerprint density at radius 1 is 1.28 bits per heavy atom. The number of amides is 1. The minimum Gasteiger partial charge on any atom is -0.343 e. The zero-order chi connectivity index (χ0) is 18.0. The van der Waals surface area contributed by atoms with Crippen LogP contribution in [0.5, 0.6) is 0 Å². The van der Waals surface area contributed by atoms with E-state index in [2.05, 4.69) is 11.9 Å². The van der Waals surface area contributed by atoms with Gasteiger partial charge in [0.05, 0.1) is 21.7 Å². The van der Waals surface area contributed by atoms with E-state index in [4.69, 9.17) is 0 Å². The highest BCUT2D eigenvalue weighted by atomic mass is 16.6. The van der Waals surface area contributed by atoms with Crippen molar-refractivity contribution in [1.29, 1.82) is 0 Å². The number of anilines is 1. The minimum absolute atomic E-state index is 0.0214. The van der Waals surface area contributed by atoms with Crippen LogP contribution in [0.2, 0.25) is 0 Å². The smallest absolute Gasteiger partial charge is 0.274 e. The number of aromatic nitrogens is 1. The number of rotatable bonds is 5. The van der Waals surface area contributed by atoms with Gasteiger partial charge in [-0.15, -0.1) is 6.58 Å². The van der Waals surface area contributed by atoms with Crippen molar-refractivity contribution in [3.05, 3.63) is 82.6 Å². The molecule has 3 aromatic rings. The number of allylic oxidation sites excluding steroid dienone is 1. The van der Waals surface area contributed by atoms with E-state index in [1.807, 2.05) is 28.8 Å². The first-order valence-corrected chi connectivity index (χ1v) is 7.77. The first kappa shape index (κ1) is 16.4. The number of hydrogen-bond acceptors (Lipinski definition) is 3. The number of benzene rings is 2. The summed E-state index contributed by atoms with van der Waals surface area (Å²) in [6.45, 7) is 5.94. The largest absolute Gasteiger partial charge is 0.343 e. The Labute approximate surface area is 144 Å². The van der Waals surface area contributed by atoms with Crippen LogP contribution in [-0.4, -0.2) is 15.4 Å². The highest BCUT2D eigenvalue weighted by Crippen LogP contribution is 2.27. The molecule has 3 rings (SSSR count). The third-order valence-electron chi connectivity index (χ3n) is 4.11. The molecule has 25 heavy (non-hydrogen) atoms. The maximum absolute atomic E-state index is 12.8. The summed E-state index contributed by atoms with van der Waals surface area (Å²) in [5.74, 6) is -0.303. The maximum atomic E-state index is 12.8. The van der Waals surface area contributed by atoms with E-state index < -0.39 is 4.92 Å². The molecule has 6 heteroatoms. The summed E-state index contributed by atoms with van der Waals surface area (Å²) in [6, 6.07) is 12.2. The third kappa shape index (κ3) is 3.01. The van der Waals surface area contributed by atoms with Crippen LogP contribution in [0.3, 0.4) is 0 Å². The maximum Gasteiger partial charge on any atom is 0.274 e. The van der Waals surface area contributed by atoms with Crippen molar-refractivity contribution in [2.45, 2.75) is 13.5 Å². The summed E-state index contributed by atoms with van der Waals surface area (Å²) < 4.78 is 1.94. The zero-order valence-electron chi connectivity index (χ0n) is 13.7. The van der Waals surface area contributed by atoms with Crippen LogP contribution in [0.15, 0.2) is 61.3 Å². The molecule has 0 spiro atoms. The highest BCUT2D eigenvalue weighted by molar-refractivity contribution is 6.13. The Morgan fingerprint density at radius 2 is 2.04 bits per heavy atom. The lowest BCUT2D eigenvalue weighted by Crippen LogP contribution is -2.13. The van der Waals surface area contributed by atoms with Crippen LogP contribution < -0.4 is 5.32 Å². The van der Waals surface area contributed by atoms with Gasteiger partial charge in [0.15, 0.2) is 0 Å². The average molecular weight is 335 g/mol. The third-order valence-corrected chi connectivity index (χ3v) is 4.11. The highest BCUT2D eigenvalue weighted by Gasteiger charge is 2.18. The molecule has 2 aromatic carbocycles. The Kier molecular flexibility index (Phi) is 4.35. The van der Waals surface area contributed by atoms with E-state index in [9.17, 15) is 14.9 Å². The van der Waals surface area contributed by atoms with E-state index in [0.717, 1.165) is 10.9 Å². The van der Waals surface area contributed by atoms with Crippen molar-refractivity contribution >= 4 is 28.2 Å². The lowest BCUT2D eigenvalue weighted by atomic mass is 10.1. The van der Waals surface area contributed by atoms with Crippen molar-refractivity contribution in [3.8, 4) is 0 Å². The number of para-hydroxylation sites is 1. The normalized spacial score (nSPS) is 10.6. The number of carbonyl (C=O) groups excluding carboxylic acids is 1. The molecule has 0 aliphatic carbocycles. The first-order chi connectivity index (χ1) is 12.0. The summed E-state index contributed by atoms with van der Waals surface area (Å²) in [5, 5.41) is 14.7. The van der Waals surface area contributed by atoms with Gasteiger partial charge >= 0.3 is 0 Å². The molecule has 126 valence electrons. The summed E-state index contributed by atoms with van der Waals surface area (Å²) in [4.78, 5) is 23.4. The fraction of sp³-hybridized carbons (Fsp3) is 0.105. The van der Waals surface area contributed by atoms with E-state index >= 15 is 0 Å². The Bertz CT molecular complexity index is 989. The van der Waals surface area contributed by atoms with Gasteiger partial charge < -0.3 is 9.88 Å². The van der Waals surface area contributed by atoms with E-state index in [1.54, 1.807) is 31.3 Å². The molecule has 0 saturated heterocycles. The molecule has 0 aliphatic rings. The molecule has 1 N–H and O–H groups in total. The number of nitrogens with one attached hydrogen (secondary N) is 1. The molecule has 0 aliphatic heterocycles. The van der Waals surface area contributed by atoms with Gasteiger partial charge in [-0.2, -0.15) is 0 Å². The lowest BCUT2D eigenvalue weighted by Gasteiger charge is -2.08. The topological polar surface area (TPSA) is 77.2 Å². The predicted octanol–water partition coefficient (Wildman–Crippen LogP) is 4.30. The molecule has 1 heterocycles. The molecule has 0 saturated carbocycles. The number of hydrogen-bond donors (Lipinski definition) is 1. The van der Waals surface area contributed by atoms with Crippen molar-refractivity contribution in [2.75, 3.05) is 5.32 Å². The number of nitro groups is 1. The Balaban J connectivity index is 2.00. The van der Waals surface area contributed by atoms with E-state index in [0.29, 0.717) is 23.4 Å². The van der Waals surface area contributed by atoms with Gasteiger partial charge in [-0.1, -0.05) is 30.3 Å². The molecule has 0 unspecified atom stereocenters. The Hall–Kier alpha value is -3.41. The van der Waals surface area contributed by atoms with Crippen LogP contribution >= 0.6 is 0 Å². The van der Waals surface area contributed by atoms with Crippen molar-refractivity contribution in [1.82, 2.24) is 4.57 Å². The van der Waals surface area contributed by atoms with Gasteiger partial charge in [-0.05, 0) is 19.1 Å². The second-order valence-corrected chi connectivity index (χ2v) is 5.66. The van der Waals surface area contributed by atoms with Gasteiger partial charge in [-0.25, -0.2) is 0 Å². The van der Waals surface area contributed by atoms with Crippen LogP contribution in [0.25, 0.3) is 10.9 Å². The summed E-state index contributed by atoms with van der Waals surface area (Å²) >= 11 is 0. The molecule has 0 bridgehead atoms. The van der Waals surface area contributed by atoms with Crippen LogP contribution in [-0.2, 0) is 6.54 Å². The van der Waals surface area contributed by atoms with Crippen LogP contribution in [0.4, 0.5) is 11.4 Å². The van der Waals surface area contributed by atoms with E-state index in [-0.39, 0.29) is 11.6 Å². The first-order valence-electron chi connectivity index (χ1n) is 7.77. The number of nitro benzene ring substituents is 1. The molecule has 1 amide bonds. The molecule has 0 fully saturated rings. The van der Waals surface area contributed by atoms with Crippen LogP contribution in [0.1, 0.15) is 15.9 Å². The summed E-state index contributed by atoms with van der Waals surface area (Å²) in [6.07, 6.45) is 3.53. The minimum atomic E-state index is -0.457. The average Bonchev–Trinajstić information content (AvgIpc) is 2.96. The predicted molar refractivity (Wildman–Crippen MR) is 97.9 cm³/mol. The SMILES string of the molecule is C=CCn1cc(C(=O)Nc2cccc([N+](=O)[O-])c2C)c2ccccc21. The van der Waals surface area contributed by atoms with Crippen LogP contribution in [0, 0.1) is 17.0 Å². The fourth-order valence-electron chi connectivity index (χ4n) is 2.86. The zero-order valence-corrected chi connectivity index (χ0v) is 13.7. The fourth-order valence-corrected chi connectivity index (χ4v) is 2.86. The molecule has 6 nitrogen and oxygen atoms in total. The lowest BCUT2D eigenvalue weighted by molar-refractivity contribution is -0.385. The number of nitrogens with zero attached hydrogens (tertiary/aromatic N) is 2. The van der Waals surface area contributed by atoms with Gasteiger partial charge in [0, 0.05) is 29.7 Å². The standard InChI is InChI=1S/C19H17N3O3/c1-3-11-21-12-15(14-7-4-5-9-18(14)21)19(23)20-16-8-6-10-17(13(16)2)22(24)25/h3-10,12H,1,11H2,2H3,(H,20,23). The Morgan fingerprint density at radius 3 is 2.76 bits per heavy atom. The number of fused-ring (bicyclic) bond motifs is 1. The van der Waals surface area contributed by atoms with Crippen molar-refractivity contribution in [2.24, 2.45) is 0 Å². The van der Waals surface area contributed by atoms with Crippen molar-refractivity contribution < 1.29 is 9.72 Å². The van der Waals surface area contributed by atoms with Crippen molar-refractivity contribution in [3.63, 3.8) is 0 Å². The van der Waals surface area contributed by atoms with Gasteiger partial charge in [0.25, 0.3) is 11.6 Å². The second-order valence-electron chi connectivity index (χ2n) is 5.66. The summed E-state index contributed by atoms with van der Waals surface area (Å²) in [7, 11) is 0.